The van der Waals surface area contributed by atoms with Gasteiger partial charge in [-0.05, 0) is 43.3 Å². The fourth-order valence-electron chi connectivity index (χ4n) is 2.68. The number of anilines is 1. The maximum Gasteiger partial charge on any atom is 0.275 e. The number of carbonyl (C=O) groups is 1. The van der Waals surface area contributed by atoms with Gasteiger partial charge in [0.15, 0.2) is 0 Å². The van der Waals surface area contributed by atoms with Crippen molar-refractivity contribution in [2.45, 2.75) is 37.3 Å². The van der Waals surface area contributed by atoms with Gasteiger partial charge in [-0.25, -0.2) is 8.42 Å². The number of rotatable bonds is 9. The Morgan fingerprint density at radius 2 is 2.00 bits per heavy atom. The van der Waals surface area contributed by atoms with Crippen molar-refractivity contribution in [3.63, 3.8) is 0 Å². The van der Waals surface area contributed by atoms with Crippen molar-refractivity contribution in [2.24, 2.45) is 22.4 Å². The van der Waals surface area contributed by atoms with Crippen LogP contribution in [0, 0.1) is 6.92 Å². The van der Waals surface area contributed by atoms with Gasteiger partial charge in [0, 0.05) is 24.5 Å². The Morgan fingerprint density at radius 3 is 2.57 bits per heavy atom. The molecule has 0 radical (unpaired) electrons. The van der Waals surface area contributed by atoms with Crippen molar-refractivity contribution in [1.82, 2.24) is 9.55 Å². The van der Waals surface area contributed by atoms with Crippen LogP contribution in [0.25, 0.3) is 0 Å². The minimum atomic E-state index is -4.06. The molecule has 0 aliphatic carbocycles. The SMILES string of the molecule is Cc1ccc(NS(=O)(=O)c2cccnc2)c(=O)n1C(CC(C)ON=C(N)N)C(N)=O. The first-order valence-electron chi connectivity index (χ1n) is 8.72. The first-order chi connectivity index (χ1) is 14.0. The highest BCUT2D eigenvalue weighted by molar-refractivity contribution is 7.92. The molecule has 2 unspecified atom stereocenters. The van der Waals surface area contributed by atoms with E-state index in [4.69, 9.17) is 22.0 Å². The fraction of sp³-hybridized carbons (Fsp3) is 0.294. The standard InChI is InChI=1S/C17H23N7O5S/c1-10-5-6-13(23-30(27,28)12-4-3-7-21-9-12)16(26)24(10)14(15(18)25)8-11(2)29-22-17(19)20/h3-7,9,11,14,23H,8H2,1-2H3,(H2,18,25)(H4,19,20,22). The zero-order chi connectivity index (χ0) is 22.5. The van der Waals surface area contributed by atoms with E-state index >= 15 is 0 Å². The molecule has 2 heterocycles. The van der Waals surface area contributed by atoms with Crippen LogP contribution in [0.2, 0.25) is 0 Å². The predicted octanol–water partition coefficient (Wildman–Crippen LogP) is -0.637. The molecule has 13 heteroatoms. The van der Waals surface area contributed by atoms with E-state index in [1.54, 1.807) is 13.8 Å². The smallest absolute Gasteiger partial charge is 0.275 e. The molecule has 2 atom stereocenters. The van der Waals surface area contributed by atoms with E-state index in [1.165, 1.54) is 30.5 Å². The van der Waals surface area contributed by atoms with Crippen molar-refractivity contribution in [3.8, 4) is 0 Å². The molecule has 0 saturated carbocycles. The Bertz CT molecular complexity index is 1100. The molecule has 0 aliphatic heterocycles. The number of oxime groups is 1. The van der Waals surface area contributed by atoms with Gasteiger partial charge in [-0.15, -0.1) is 0 Å². The number of hydrogen-bond acceptors (Lipinski definition) is 7. The summed E-state index contributed by atoms with van der Waals surface area (Å²) in [4.78, 5) is 33.7. The third kappa shape index (κ3) is 5.47. The zero-order valence-electron chi connectivity index (χ0n) is 16.3. The summed E-state index contributed by atoms with van der Waals surface area (Å²) in [6, 6.07) is 4.43. The number of pyridine rings is 2. The summed E-state index contributed by atoms with van der Waals surface area (Å²) < 4.78 is 28.4. The number of aryl methyl sites for hydroxylation is 1. The quantitative estimate of drug-likeness (QED) is 0.225. The van der Waals surface area contributed by atoms with E-state index in [1.807, 2.05) is 0 Å². The maximum absolute atomic E-state index is 13.0. The van der Waals surface area contributed by atoms with Crippen LogP contribution in [0.5, 0.6) is 0 Å². The maximum atomic E-state index is 13.0. The monoisotopic (exact) mass is 437 g/mol. The van der Waals surface area contributed by atoms with E-state index in [0.717, 1.165) is 10.8 Å². The Hall–Kier alpha value is -3.61. The molecule has 12 nitrogen and oxygen atoms in total. The molecule has 0 aliphatic rings. The highest BCUT2D eigenvalue weighted by Gasteiger charge is 2.26. The molecule has 30 heavy (non-hydrogen) atoms. The molecule has 0 bridgehead atoms. The van der Waals surface area contributed by atoms with Crippen molar-refractivity contribution >= 4 is 27.6 Å². The van der Waals surface area contributed by atoms with Gasteiger partial charge in [-0.3, -0.25) is 23.9 Å². The van der Waals surface area contributed by atoms with Crippen LogP contribution in [0.3, 0.4) is 0 Å². The number of nitrogens with zero attached hydrogens (tertiary/aromatic N) is 3. The summed E-state index contributed by atoms with van der Waals surface area (Å²) >= 11 is 0. The lowest BCUT2D eigenvalue weighted by Gasteiger charge is -2.22. The van der Waals surface area contributed by atoms with Crippen molar-refractivity contribution < 1.29 is 18.0 Å². The molecule has 2 aromatic heterocycles. The van der Waals surface area contributed by atoms with E-state index in [9.17, 15) is 18.0 Å². The first-order valence-corrected chi connectivity index (χ1v) is 10.2. The van der Waals surface area contributed by atoms with Gasteiger partial charge < -0.3 is 22.0 Å². The molecular weight excluding hydrogens is 414 g/mol. The van der Waals surface area contributed by atoms with Gasteiger partial charge in [0.25, 0.3) is 15.6 Å². The van der Waals surface area contributed by atoms with Crippen LogP contribution in [-0.2, 0) is 19.7 Å². The number of sulfonamides is 1. The molecule has 1 amide bonds. The number of carbonyl (C=O) groups excluding carboxylic acids is 1. The summed E-state index contributed by atoms with van der Waals surface area (Å²) in [7, 11) is -4.06. The number of hydrogen-bond donors (Lipinski definition) is 4. The molecule has 2 rings (SSSR count). The van der Waals surface area contributed by atoms with Crippen LogP contribution in [0.1, 0.15) is 25.1 Å². The molecule has 0 aromatic carbocycles. The Balaban J connectivity index is 2.42. The minimum absolute atomic E-state index is 0.0360. The van der Waals surface area contributed by atoms with Crippen LogP contribution in [-0.4, -0.2) is 35.9 Å². The number of guanidine groups is 1. The lowest BCUT2D eigenvalue weighted by Crippen LogP contribution is -2.38. The van der Waals surface area contributed by atoms with Crippen molar-refractivity contribution in [3.05, 3.63) is 52.7 Å². The van der Waals surface area contributed by atoms with Gasteiger partial charge in [-0.1, -0.05) is 0 Å². The molecule has 2 aromatic rings. The number of nitrogens with two attached hydrogens (primary N) is 3. The normalized spacial score (nSPS) is 13.1. The molecule has 7 N–H and O–H groups in total. The largest absolute Gasteiger partial charge is 0.390 e. The lowest BCUT2D eigenvalue weighted by atomic mass is 10.1. The van der Waals surface area contributed by atoms with Crippen LogP contribution < -0.4 is 27.5 Å². The van der Waals surface area contributed by atoms with Gasteiger partial charge in [-0.2, -0.15) is 0 Å². The summed E-state index contributed by atoms with van der Waals surface area (Å²) in [6.07, 6.45) is 1.85. The van der Waals surface area contributed by atoms with E-state index in [0.29, 0.717) is 5.69 Å². The lowest BCUT2D eigenvalue weighted by molar-refractivity contribution is -0.122. The molecule has 0 spiro atoms. The van der Waals surface area contributed by atoms with Gasteiger partial charge in [0.05, 0.1) is 0 Å². The van der Waals surface area contributed by atoms with Crippen molar-refractivity contribution in [1.29, 1.82) is 0 Å². The van der Waals surface area contributed by atoms with Crippen LogP contribution in [0.4, 0.5) is 5.69 Å². The van der Waals surface area contributed by atoms with Gasteiger partial charge in [0.1, 0.15) is 22.7 Å². The fourth-order valence-corrected chi connectivity index (χ4v) is 3.70. The van der Waals surface area contributed by atoms with Crippen molar-refractivity contribution in [2.75, 3.05) is 4.72 Å². The number of aromatic nitrogens is 2. The molecular formula is C17H23N7O5S. The molecule has 0 fully saturated rings. The van der Waals surface area contributed by atoms with Gasteiger partial charge in [0.2, 0.25) is 11.9 Å². The topological polar surface area (TPSA) is 198 Å². The third-order valence-electron chi connectivity index (χ3n) is 4.04. The summed E-state index contributed by atoms with van der Waals surface area (Å²) in [5, 5.41) is 3.41. The summed E-state index contributed by atoms with van der Waals surface area (Å²) in [6.45, 7) is 3.16. The summed E-state index contributed by atoms with van der Waals surface area (Å²) in [5.41, 5.74) is 15.3. The molecule has 162 valence electrons. The minimum Gasteiger partial charge on any atom is -0.390 e. The van der Waals surface area contributed by atoms with Gasteiger partial charge >= 0.3 is 0 Å². The van der Waals surface area contributed by atoms with E-state index in [-0.39, 0.29) is 23.0 Å². The predicted molar refractivity (Wildman–Crippen MR) is 110 cm³/mol. The Morgan fingerprint density at radius 1 is 1.30 bits per heavy atom. The summed E-state index contributed by atoms with van der Waals surface area (Å²) in [5.74, 6) is -1.12. The Kier molecular flexibility index (Phi) is 7.00. The highest BCUT2D eigenvalue weighted by Crippen LogP contribution is 2.19. The molecule has 0 saturated heterocycles. The Labute approximate surface area is 172 Å². The number of nitrogens with one attached hydrogen (secondary N) is 1. The third-order valence-corrected chi connectivity index (χ3v) is 5.39. The first kappa shape index (κ1) is 22.7. The number of amides is 1. The number of primary amides is 1. The average Bonchev–Trinajstić information content (AvgIpc) is 2.68. The van der Waals surface area contributed by atoms with Crippen LogP contribution >= 0.6 is 0 Å². The average molecular weight is 437 g/mol. The van der Waals surface area contributed by atoms with Crippen LogP contribution in [0.15, 0.2) is 51.5 Å². The van der Waals surface area contributed by atoms with E-state index < -0.39 is 33.6 Å². The second-order valence-electron chi connectivity index (χ2n) is 6.44. The highest BCUT2D eigenvalue weighted by atomic mass is 32.2. The van der Waals surface area contributed by atoms with E-state index in [2.05, 4.69) is 14.9 Å². The zero-order valence-corrected chi connectivity index (χ0v) is 17.2. The second kappa shape index (κ2) is 9.26. The second-order valence-corrected chi connectivity index (χ2v) is 8.13.